The molecule has 0 unspecified atom stereocenters. The molecule has 0 fully saturated rings. The minimum absolute atomic E-state index is 0. The van der Waals surface area contributed by atoms with Crippen molar-refractivity contribution < 1.29 is 233 Å². The summed E-state index contributed by atoms with van der Waals surface area (Å²) in [5, 5.41) is 53.6. The smallest absolute Gasteiger partial charge is 0.543 e. The van der Waals surface area contributed by atoms with Gasteiger partial charge >= 0.3 is 174 Å². The maximum absolute atomic E-state index is 8.93. The first kappa shape index (κ1) is 44.1. The van der Waals surface area contributed by atoms with Crippen LogP contribution in [0, 0.1) is 0 Å². The molecule has 0 spiro atoms. The molecule has 1 radical (unpaired) electrons. The molecule has 16 heteroatoms. The molecule has 0 bridgehead atoms. The van der Waals surface area contributed by atoms with E-state index in [0.29, 0.717) is 0 Å². The van der Waals surface area contributed by atoms with E-state index in [1.54, 1.807) is 0 Å². The van der Waals surface area contributed by atoms with Crippen LogP contribution in [0.2, 0.25) is 0 Å². The van der Waals surface area contributed by atoms with E-state index in [9.17, 15) is 0 Å². The Morgan fingerprint density at radius 3 is 0.409 bits per heavy atom. The third-order valence-electron chi connectivity index (χ3n) is 0.500. The van der Waals surface area contributed by atoms with Gasteiger partial charge in [-0.3, -0.25) is 0 Å². The van der Waals surface area contributed by atoms with E-state index in [-0.39, 0.29) is 174 Å². The van der Waals surface area contributed by atoms with E-state index in [2.05, 4.69) is 0 Å². The van der Waals surface area contributed by atoms with Crippen molar-refractivity contribution in [3.05, 3.63) is 0 Å². The van der Waals surface area contributed by atoms with Crippen molar-refractivity contribution in [3.63, 3.8) is 0 Å². The molecule has 0 heterocycles. The van der Waals surface area contributed by atoms with E-state index in [1.807, 2.05) is 0 Å². The van der Waals surface area contributed by atoms with Gasteiger partial charge in [-0.15, -0.1) is 0 Å². The second kappa shape index (κ2) is 28.2. The van der Waals surface area contributed by atoms with Gasteiger partial charge < -0.3 is 59.4 Å². The maximum Gasteiger partial charge on any atom is 3.00 e. The van der Waals surface area contributed by atoms with Crippen LogP contribution in [0.1, 0.15) is 0 Å². The van der Waals surface area contributed by atoms with Gasteiger partial charge in [0, 0.05) is 0 Å². The first-order valence-corrected chi connectivity index (χ1v) is 3.20. The topological polar surface area (TPSA) is 241 Å². The molecule has 0 amide bonds. The summed E-state index contributed by atoms with van der Waals surface area (Å²) in [6.45, 7) is 0. The van der Waals surface area contributed by atoms with Gasteiger partial charge in [-0.2, -0.15) is 0 Å². The molecule has 0 aromatic rings. The van der Waals surface area contributed by atoms with Crippen LogP contribution in [0.3, 0.4) is 0 Å². The molecular weight excluding hydrogens is 482 g/mol. The molecular formula is C6K3O12Ru. The monoisotopic (exact) mass is 483 g/mol. The zero-order valence-electron chi connectivity index (χ0n) is 11.3. The summed E-state index contributed by atoms with van der Waals surface area (Å²) in [7, 11) is 0. The third kappa shape index (κ3) is 49.5. The largest absolute Gasteiger partial charge is 3.00 e. The van der Waals surface area contributed by atoms with Crippen LogP contribution < -0.4 is 185 Å². The van der Waals surface area contributed by atoms with Gasteiger partial charge in [0.2, 0.25) is 0 Å². The number of hydrogen-bond donors (Lipinski definition) is 0. The third-order valence-corrected chi connectivity index (χ3v) is 0.500. The Bertz CT molecular complexity index is 290. The van der Waals surface area contributed by atoms with Gasteiger partial charge in [-0.1, -0.05) is 0 Å². The fourth-order valence-corrected chi connectivity index (χ4v) is 0. The van der Waals surface area contributed by atoms with Crippen LogP contribution in [-0.4, -0.2) is 35.8 Å². The first-order chi connectivity index (χ1) is 7.93. The van der Waals surface area contributed by atoms with Gasteiger partial charge in [-0.25, -0.2) is 0 Å². The molecule has 0 aromatic heterocycles. The maximum atomic E-state index is 8.93. The normalized spacial score (nSPS) is 6.00. The van der Waals surface area contributed by atoms with E-state index in [4.69, 9.17) is 59.4 Å². The zero-order valence-corrected chi connectivity index (χ0v) is 22.4. The van der Waals surface area contributed by atoms with E-state index >= 15 is 0 Å². The Balaban J connectivity index is -0.0000000281. The molecule has 0 N–H and O–H groups in total. The SMILES string of the molecule is O=C([O-])C(=O)[O-].O=C([O-])C(=O)[O-].O=C([O-])C(=O)[O-].[K+].[K+].[K+].[Ru+3]. The van der Waals surface area contributed by atoms with E-state index in [0.717, 1.165) is 0 Å². The molecule has 22 heavy (non-hydrogen) atoms. The van der Waals surface area contributed by atoms with E-state index < -0.39 is 35.8 Å². The molecule has 107 valence electrons. The van der Waals surface area contributed by atoms with Crippen LogP contribution in [0.5, 0.6) is 0 Å². The number of rotatable bonds is 0. The van der Waals surface area contributed by atoms with Gasteiger partial charge in [0.05, 0.1) is 35.8 Å². The number of carboxylic acid groups (broad SMARTS) is 6. The van der Waals surface area contributed by atoms with Crippen molar-refractivity contribution in [1.82, 2.24) is 0 Å². The molecule has 0 rings (SSSR count). The summed E-state index contributed by atoms with van der Waals surface area (Å²) in [5.41, 5.74) is 0. The minimum Gasteiger partial charge on any atom is -0.543 e. The van der Waals surface area contributed by atoms with Crippen LogP contribution >= 0.6 is 0 Å². The number of aliphatic carboxylic acids is 6. The fourth-order valence-electron chi connectivity index (χ4n) is 0. The van der Waals surface area contributed by atoms with Crippen molar-refractivity contribution in [2.75, 3.05) is 0 Å². The predicted octanol–water partition coefficient (Wildman–Crippen LogP) is -19.5. The predicted molar refractivity (Wildman–Crippen MR) is 30.0 cm³/mol. The van der Waals surface area contributed by atoms with Crippen LogP contribution in [0.15, 0.2) is 0 Å². The summed E-state index contributed by atoms with van der Waals surface area (Å²) in [6, 6.07) is 0. The Morgan fingerprint density at radius 1 is 0.364 bits per heavy atom. The quantitative estimate of drug-likeness (QED) is 0.231. The molecule has 0 saturated heterocycles. The van der Waals surface area contributed by atoms with Gasteiger partial charge in [0.15, 0.2) is 0 Å². The standard InChI is InChI=1S/3C2H2O4.3K.Ru/c3*3-1(4)2(5)6;;;;/h3*(H,3,4)(H,5,6);;;;/q;;;3*+1;+3/p-6. The first-order valence-electron chi connectivity index (χ1n) is 3.20. The summed E-state index contributed by atoms with van der Waals surface area (Å²) in [6.07, 6.45) is 0. The van der Waals surface area contributed by atoms with Gasteiger partial charge in [0.1, 0.15) is 0 Å². The van der Waals surface area contributed by atoms with E-state index in [1.165, 1.54) is 0 Å². The molecule has 0 aliphatic rings. The van der Waals surface area contributed by atoms with Gasteiger partial charge in [0.25, 0.3) is 0 Å². The molecule has 0 saturated carbocycles. The molecule has 12 nitrogen and oxygen atoms in total. The molecule has 0 aliphatic carbocycles. The molecule has 0 atom stereocenters. The number of hydrogen-bond acceptors (Lipinski definition) is 12. The van der Waals surface area contributed by atoms with Crippen LogP contribution in [0.25, 0.3) is 0 Å². The number of carbonyl (C=O) groups is 6. The zero-order chi connectivity index (χ0) is 15.5. The van der Waals surface area contributed by atoms with Crippen molar-refractivity contribution >= 4 is 35.8 Å². The van der Waals surface area contributed by atoms with Gasteiger partial charge in [-0.05, 0) is 0 Å². The average molecular weight is 482 g/mol. The number of carboxylic acids is 6. The minimum atomic E-state index is -2.19. The Hall–Kier alpha value is 2.35. The van der Waals surface area contributed by atoms with Crippen molar-refractivity contribution in [2.45, 2.75) is 0 Å². The molecule has 0 aliphatic heterocycles. The van der Waals surface area contributed by atoms with Crippen molar-refractivity contribution in [1.29, 1.82) is 0 Å². The Morgan fingerprint density at radius 2 is 0.409 bits per heavy atom. The summed E-state index contributed by atoms with van der Waals surface area (Å²) < 4.78 is 0. The summed E-state index contributed by atoms with van der Waals surface area (Å²) in [5.74, 6) is -13.1. The fraction of sp³-hybridized carbons (Fsp3) is 0. The Labute approximate surface area is 262 Å². The Kier molecular flexibility index (Phi) is 56.5. The van der Waals surface area contributed by atoms with Crippen molar-refractivity contribution in [3.8, 4) is 0 Å². The second-order valence-electron chi connectivity index (χ2n) is 1.72. The molecule has 0 aromatic carbocycles. The summed E-state index contributed by atoms with van der Waals surface area (Å²) in [4.78, 5) is 53.6. The van der Waals surface area contributed by atoms with Crippen LogP contribution in [-0.2, 0) is 48.2 Å². The van der Waals surface area contributed by atoms with Crippen LogP contribution in [0.4, 0.5) is 0 Å². The number of carbonyl (C=O) groups excluding carboxylic acids is 6. The van der Waals surface area contributed by atoms with Crippen molar-refractivity contribution in [2.24, 2.45) is 0 Å². The second-order valence-corrected chi connectivity index (χ2v) is 1.72. The average Bonchev–Trinajstić information content (AvgIpc) is 2.18. The summed E-state index contributed by atoms with van der Waals surface area (Å²) >= 11 is 0.